The molecule has 1 aromatic rings. The van der Waals surface area contributed by atoms with Gasteiger partial charge in [0.25, 0.3) is 0 Å². The SMILES string of the molecule is CN=C(NCCN(C(C)C)C1CC1)N(C)Cc1ccccc1.I. The van der Waals surface area contributed by atoms with Gasteiger partial charge < -0.3 is 10.2 Å². The van der Waals surface area contributed by atoms with Crippen molar-refractivity contribution in [3.63, 3.8) is 0 Å². The van der Waals surface area contributed by atoms with E-state index in [4.69, 9.17) is 0 Å². The van der Waals surface area contributed by atoms with Crippen LogP contribution in [0.1, 0.15) is 32.3 Å². The highest BCUT2D eigenvalue weighted by Crippen LogP contribution is 2.27. The lowest BCUT2D eigenvalue weighted by Gasteiger charge is -2.28. The molecule has 1 aromatic carbocycles. The molecular formula is C18H31IN4. The van der Waals surface area contributed by atoms with Crippen molar-refractivity contribution < 1.29 is 0 Å². The quantitative estimate of drug-likeness (QED) is 0.410. The molecular weight excluding hydrogens is 399 g/mol. The predicted molar refractivity (Wildman–Crippen MR) is 110 cm³/mol. The van der Waals surface area contributed by atoms with Gasteiger partial charge in [-0.2, -0.15) is 0 Å². The minimum atomic E-state index is 0. The van der Waals surface area contributed by atoms with Crippen LogP contribution >= 0.6 is 24.0 Å². The van der Waals surface area contributed by atoms with Gasteiger partial charge in [-0.25, -0.2) is 0 Å². The normalized spacial score (nSPS) is 14.8. The van der Waals surface area contributed by atoms with E-state index in [9.17, 15) is 0 Å². The summed E-state index contributed by atoms with van der Waals surface area (Å²) in [5.41, 5.74) is 1.30. The summed E-state index contributed by atoms with van der Waals surface area (Å²) in [6, 6.07) is 11.9. The maximum Gasteiger partial charge on any atom is 0.193 e. The first-order valence-corrected chi connectivity index (χ1v) is 8.33. The average molecular weight is 430 g/mol. The molecule has 1 N–H and O–H groups in total. The fourth-order valence-corrected chi connectivity index (χ4v) is 2.88. The molecule has 0 saturated heterocycles. The molecule has 5 heteroatoms. The molecule has 0 atom stereocenters. The monoisotopic (exact) mass is 430 g/mol. The van der Waals surface area contributed by atoms with Crippen LogP contribution in [-0.4, -0.2) is 55.0 Å². The number of nitrogens with zero attached hydrogens (tertiary/aromatic N) is 3. The van der Waals surface area contributed by atoms with Crippen LogP contribution in [0.15, 0.2) is 35.3 Å². The zero-order chi connectivity index (χ0) is 15.9. The number of hydrogen-bond acceptors (Lipinski definition) is 2. The minimum Gasteiger partial charge on any atom is -0.355 e. The van der Waals surface area contributed by atoms with Gasteiger partial charge in [0, 0.05) is 45.8 Å². The molecule has 1 saturated carbocycles. The Bertz CT molecular complexity index is 469. The third kappa shape index (κ3) is 6.67. The Kier molecular flexibility index (Phi) is 8.91. The number of guanidine groups is 1. The topological polar surface area (TPSA) is 30.9 Å². The fourth-order valence-electron chi connectivity index (χ4n) is 2.88. The van der Waals surface area contributed by atoms with Crippen LogP contribution in [0.3, 0.4) is 0 Å². The van der Waals surface area contributed by atoms with Crippen LogP contribution < -0.4 is 5.32 Å². The van der Waals surface area contributed by atoms with Gasteiger partial charge in [0.05, 0.1) is 0 Å². The van der Waals surface area contributed by atoms with Gasteiger partial charge in [0.1, 0.15) is 0 Å². The summed E-state index contributed by atoms with van der Waals surface area (Å²) in [6.45, 7) is 7.47. The molecule has 1 fully saturated rings. The molecule has 130 valence electrons. The van der Waals surface area contributed by atoms with Gasteiger partial charge in [0.15, 0.2) is 5.96 Å². The van der Waals surface area contributed by atoms with Crippen molar-refractivity contribution >= 4 is 29.9 Å². The molecule has 0 amide bonds. The van der Waals surface area contributed by atoms with Crippen LogP contribution in [-0.2, 0) is 6.54 Å². The highest BCUT2D eigenvalue weighted by Gasteiger charge is 2.30. The molecule has 0 radical (unpaired) electrons. The first-order valence-electron chi connectivity index (χ1n) is 8.33. The van der Waals surface area contributed by atoms with Crippen molar-refractivity contribution in [2.45, 2.75) is 45.3 Å². The maximum absolute atomic E-state index is 4.40. The van der Waals surface area contributed by atoms with Gasteiger partial charge in [-0.05, 0) is 32.3 Å². The highest BCUT2D eigenvalue weighted by molar-refractivity contribution is 14.0. The molecule has 0 aliphatic heterocycles. The van der Waals surface area contributed by atoms with Crippen molar-refractivity contribution in [3.05, 3.63) is 35.9 Å². The van der Waals surface area contributed by atoms with E-state index in [0.29, 0.717) is 6.04 Å². The first-order chi connectivity index (χ1) is 10.6. The molecule has 1 aliphatic rings. The summed E-state index contributed by atoms with van der Waals surface area (Å²) in [5, 5.41) is 3.49. The lowest BCUT2D eigenvalue weighted by atomic mass is 10.2. The molecule has 0 heterocycles. The van der Waals surface area contributed by atoms with E-state index in [1.807, 2.05) is 7.05 Å². The standard InChI is InChI=1S/C18H30N4.HI/c1-15(2)22(17-10-11-17)13-12-20-18(19-3)21(4)14-16-8-6-5-7-9-16;/h5-9,15,17H,10-14H2,1-4H3,(H,19,20);1H. The number of aliphatic imine (C=N–C) groups is 1. The van der Waals surface area contributed by atoms with Crippen LogP contribution in [0.4, 0.5) is 0 Å². The summed E-state index contributed by atoms with van der Waals surface area (Å²) in [5.74, 6) is 0.961. The van der Waals surface area contributed by atoms with Gasteiger partial charge in [-0.15, -0.1) is 24.0 Å². The number of halogens is 1. The fraction of sp³-hybridized carbons (Fsp3) is 0.611. The third-order valence-corrected chi connectivity index (χ3v) is 4.17. The van der Waals surface area contributed by atoms with Crippen molar-refractivity contribution in [1.29, 1.82) is 0 Å². The van der Waals surface area contributed by atoms with E-state index in [0.717, 1.165) is 31.6 Å². The van der Waals surface area contributed by atoms with Gasteiger partial charge in [0.2, 0.25) is 0 Å². The Hall–Kier alpha value is -0.820. The molecule has 1 aliphatic carbocycles. The van der Waals surface area contributed by atoms with Crippen molar-refractivity contribution in [2.75, 3.05) is 27.2 Å². The molecule has 23 heavy (non-hydrogen) atoms. The largest absolute Gasteiger partial charge is 0.355 e. The second-order valence-electron chi connectivity index (χ2n) is 6.38. The maximum atomic E-state index is 4.40. The van der Waals surface area contributed by atoms with E-state index in [-0.39, 0.29) is 24.0 Å². The average Bonchev–Trinajstić information content (AvgIpc) is 3.32. The summed E-state index contributed by atoms with van der Waals surface area (Å²) in [7, 11) is 3.94. The summed E-state index contributed by atoms with van der Waals surface area (Å²) >= 11 is 0. The van der Waals surface area contributed by atoms with Gasteiger partial charge in [-0.1, -0.05) is 30.3 Å². The molecule has 0 spiro atoms. The van der Waals surface area contributed by atoms with Crippen molar-refractivity contribution in [3.8, 4) is 0 Å². The van der Waals surface area contributed by atoms with Crippen LogP contribution in [0.5, 0.6) is 0 Å². The molecule has 2 rings (SSSR count). The van der Waals surface area contributed by atoms with Gasteiger partial charge in [-0.3, -0.25) is 9.89 Å². The summed E-state index contributed by atoms with van der Waals surface area (Å²) < 4.78 is 0. The predicted octanol–water partition coefficient (Wildman–Crippen LogP) is 3.18. The second-order valence-corrected chi connectivity index (χ2v) is 6.38. The molecule has 0 bridgehead atoms. The number of benzene rings is 1. The molecule has 4 nitrogen and oxygen atoms in total. The third-order valence-electron chi connectivity index (χ3n) is 4.17. The molecule has 0 unspecified atom stereocenters. The summed E-state index contributed by atoms with van der Waals surface area (Å²) in [6.07, 6.45) is 2.72. The Morgan fingerprint density at radius 2 is 1.91 bits per heavy atom. The van der Waals surface area contributed by atoms with Crippen molar-refractivity contribution in [1.82, 2.24) is 15.1 Å². The lowest BCUT2D eigenvalue weighted by molar-refractivity contribution is 0.214. The van der Waals surface area contributed by atoms with E-state index >= 15 is 0 Å². The van der Waals surface area contributed by atoms with Crippen molar-refractivity contribution in [2.24, 2.45) is 4.99 Å². The Morgan fingerprint density at radius 1 is 1.26 bits per heavy atom. The Labute approximate surface area is 158 Å². The van der Waals surface area contributed by atoms with Gasteiger partial charge >= 0.3 is 0 Å². The second kappa shape index (κ2) is 10.1. The first kappa shape index (κ1) is 20.2. The number of nitrogens with one attached hydrogen (secondary N) is 1. The van der Waals surface area contributed by atoms with Crippen LogP contribution in [0, 0.1) is 0 Å². The number of rotatable bonds is 7. The minimum absolute atomic E-state index is 0. The van der Waals surface area contributed by atoms with E-state index in [2.05, 4.69) is 71.3 Å². The molecule has 0 aromatic heterocycles. The Balaban J connectivity index is 0.00000264. The number of hydrogen-bond donors (Lipinski definition) is 1. The summed E-state index contributed by atoms with van der Waals surface area (Å²) in [4.78, 5) is 9.17. The lowest BCUT2D eigenvalue weighted by Crippen LogP contribution is -2.44. The van der Waals surface area contributed by atoms with Crippen LogP contribution in [0.25, 0.3) is 0 Å². The highest BCUT2D eigenvalue weighted by atomic mass is 127. The zero-order valence-corrected chi connectivity index (χ0v) is 17.2. The van der Waals surface area contributed by atoms with E-state index < -0.39 is 0 Å². The van der Waals surface area contributed by atoms with Crippen LogP contribution in [0.2, 0.25) is 0 Å². The van der Waals surface area contributed by atoms with E-state index in [1.54, 1.807) is 0 Å². The smallest absolute Gasteiger partial charge is 0.193 e. The Morgan fingerprint density at radius 3 is 2.43 bits per heavy atom. The zero-order valence-electron chi connectivity index (χ0n) is 14.8. The van der Waals surface area contributed by atoms with E-state index in [1.165, 1.54) is 18.4 Å².